The maximum atomic E-state index is 10.8. The average molecular weight is 200 g/mol. The summed E-state index contributed by atoms with van der Waals surface area (Å²) in [4.78, 5) is 22.7. The van der Waals surface area contributed by atoms with Gasteiger partial charge in [0.15, 0.2) is 0 Å². The van der Waals surface area contributed by atoms with Crippen molar-refractivity contribution < 1.29 is 14.7 Å². The monoisotopic (exact) mass is 200 g/mol. The molecule has 0 atom stereocenters. The number of piperidine rings is 1. The molecule has 0 bridgehead atoms. The minimum absolute atomic E-state index is 0.223. The third-order valence-corrected chi connectivity index (χ3v) is 2.69. The van der Waals surface area contributed by atoms with Crippen LogP contribution in [-0.2, 0) is 4.79 Å². The Morgan fingerprint density at radius 3 is 2.36 bits per heavy atom. The smallest absolute Gasteiger partial charge is 0.314 e. The Morgan fingerprint density at radius 1 is 1.36 bits per heavy atom. The molecule has 0 unspecified atom stereocenters. The van der Waals surface area contributed by atoms with Gasteiger partial charge >= 0.3 is 12.0 Å². The minimum atomic E-state index is -0.748. The Hall–Kier alpha value is -1.26. The highest BCUT2D eigenvalue weighted by atomic mass is 16.4. The van der Waals surface area contributed by atoms with Gasteiger partial charge < -0.3 is 15.7 Å². The first-order chi connectivity index (χ1) is 6.59. The van der Waals surface area contributed by atoms with Crippen molar-refractivity contribution in [3.63, 3.8) is 0 Å². The maximum Gasteiger partial charge on any atom is 0.314 e. The fourth-order valence-corrected chi connectivity index (χ4v) is 1.77. The van der Waals surface area contributed by atoms with Crippen LogP contribution >= 0.6 is 0 Å². The highest BCUT2D eigenvalue weighted by molar-refractivity contribution is 5.72. The van der Waals surface area contributed by atoms with Gasteiger partial charge in [-0.05, 0) is 25.2 Å². The molecule has 1 rings (SSSR count). The van der Waals surface area contributed by atoms with Gasteiger partial charge in [-0.25, -0.2) is 4.79 Å². The normalized spacial score (nSPS) is 18.1. The van der Waals surface area contributed by atoms with E-state index in [1.807, 2.05) is 0 Å². The summed E-state index contributed by atoms with van der Waals surface area (Å²) in [6, 6.07) is -0.373. The van der Waals surface area contributed by atoms with E-state index in [2.05, 4.69) is 0 Å². The van der Waals surface area contributed by atoms with Crippen molar-refractivity contribution in [2.24, 2.45) is 11.7 Å². The molecule has 1 heterocycles. The molecule has 14 heavy (non-hydrogen) atoms. The Labute approximate surface area is 82.9 Å². The first-order valence-electron chi connectivity index (χ1n) is 4.85. The van der Waals surface area contributed by atoms with Gasteiger partial charge in [0.2, 0.25) is 0 Å². The fourth-order valence-electron chi connectivity index (χ4n) is 1.77. The van der Waals surface area contributed by atoms with Crippen LogP contribution in [-0.4, -0.2) is 35.1 Å². The summed E-state index contributed by atoms with van der Waals surface area (Å²) in [5.74, 6) is -0.316. The molecule has 80 valence electrons. The number of primary amides is 1. The topological polar surface area (TPSA) is 83.6 Å². The van der Waals surface area contributed by atoms with Crippen LogP contribution in [0.25, 0.3) is 0 Å². The fraction of sp³-hybridized carbons (Fsp3) is 0.778. The number of carbonyl (C=O) groups is 2. The van der Waals surface area contributed by atoms with Crippen LogP contribution in [0.1, 0.15) is 25.7 Å². The summed E-state index contributed by atoms with van der Waals surface area (Å²) in [5.41, 5.74) is 5.13. The van der Waals surface area contributed by atoms with Crippen molar-refractivity contribution in [3.05, 3.63) is 0 Å². The Balaban J connectivity index is 2.22. The molecule has 0 aliphatic carbocycles. The Bertz CT molecular complexity index is 222. The second-order valence-electron chi connectivity index (χ2n) is 3.70. The molecule has 1 fully saturated rings. The summed E-state index contributed by atoms with van der Waals surface area (Å²) >= 11 is 0. The number of hydrogen-bond acceptors (Lipinski definition) is 2. The summed E-state index contributed by atoms with van der Waals surface area (Å²) in [5, 5.41) is 8.50. The SMILES string of the molecule is NC(=O)N1CCC(CCC(=O)O)CC1. The third-order valence-electron chi connectivity index (χ3n) is 2.69. The number of nitrogens with two attached hydrogens (primary N) is 1. The molecule has 1 saturated heterocycles. The molecule has 5 heteroatoms. The molecule has 1 aliphatic heterocycles. The van der Waals surface area contributed by atoms with Gasteiger partial charge in [-0.3, -0.25) is 4.79 Å². The number of rotatable bonds is 3. The number of carboxylic acids is 1. The molecule has 0 aromatic carbocycles. The van der Waals surface area contributed by atoms with Gasteiger partial charge in [-0.15, -0.1) is 0 Å². The molecular weight excluding hydrogens is 184 g/mol. The lowest BCUT2D eigenvalue weighted by Gasteiger charge is -2.30. The molecule has 0 aromatic heterocycles. The van der Waals surface area contributed by atoms with E-state index >= 15 is 0 Å². The van der Waals surface area contributed by atoms with Gasteiger partial charge in [-0.1, -0.05) is 0 Å². The van der Waals surface area contributed by atoms with Crippen LogP contribution in [0.3, 0.4) is 0 Å². The summed E-state index contributed by atoms with van der Waals surface area (Å²) in [6.07, 6.45) is 2.68. The number of urea groups is 1. The van der Waals surface area contributed by atoms with Crippen molar-refractivity contribution in [2.75, 3.05) is 13.1 Å². The Kier molecular flexibility index (Phi) is 3.73. The quantitative estimate of drug-likeness (QED) is 0.701. The lowest BCUT2D eigenvalue weighted by atomic mass is 9.92. The highest BCUT2D eigenvalue weighted by Gasteiger charge is 2.21. The lowest BCUT2D eigenvalue weighted by molar-refractivity contribution is -0.137. The molecule has 0 spiro atoms. The van der Waals surface area contributed by atoms with E-state index in [-0.39, 0.29) is 12.5 Å². The summed E-state index contributed by atoms with van der Waals surface area (Å²) in [7, 11) is 0. The van der Waals surface area contributed by atoms with E-state index in [0.29, 0.717) is 25.4 Å². The number of hydrogen-bond donors (Lipinski definition) is 2. The number of carbonyl (C=O) groups excluding carboxylic acids is 1. The van der Waals surface area contributed by atoms with Gasteiger partial charge in [0.1, 0.15) is 0 Å². The van der Waals surface area contributed by atoms with E-state index < -0.39 is 5.97 Å². The van der Waals surface area contributed by atoms with Crippen LogP contribution in [0.4, 0.5) is 4.79 Å². The lowest BCUT2D eigenvalue weighted by Crippen LogP contribution is -2.41. The summed E-state index contributed by atoms with van der Waals surface area (Å²) < 4.78 is 0. The maximum absolute atomic E-state index is 10.8. The number of likely N-dealkylation sites (tertiary alicyclic amines) is 1. The van der Waals surface area contributed by atoms with E-state index in [1.165, 1.54) is 0 Å². The number of amides is 2. The van der Waals surface area contributed by atoms with Crippen LogP contribution in [0, 0.1) is 5.92 Å². The zero-order valence-corrected chi connectivity index (χ0v) is 8.11. The predicted octanol–water partition coefficient (Wildman–Crippen LogP) is 0.642. The number of nitrogens with zero attached hydrogens (tertiary/aromatic N) is 1. The third kappa shape index (κ3) is 3.24. The zero-order chi connectivity index (χ0) is 10.6. The van der Waals surface area contributed by atoms with Crippen LogP contribution < -0.4 is 5.73 Å². The average Bonchev–Trinajstić information content (AvgIpc) is 2.15. The zero-order valence-electron chi connectivity index (χ0n) is 8.11. The molecular formula is C9H16N2O3. The highest BCUT2D eigenvalue weighted by Crippen LogP contribution is 2.21. The van der Waals surface area contributed by atoms with E-state index in [0.717, 1.165) is 12.8 Å². The second-order valence-corrected chi connectivity index (χ2v) is 3.70. The Morgan fingerprint density at radius 2 is 1.93 bits per heavy atom. The molecule has 5 nitrogen and oxygen atoms in total. The van der Waals surface area contributed by atoms with Crippen LogP contribution in [0.2, 0.25) is 0 Å². The van der Waals surface area contributed by atoms with Gasteiger partial charge in [0, 0.05) is 19.5 Å². The molecule has 0 saturated carbocycles. The van der Waals surface area contributed by atoms with Crippen molar-refractivity contribution >= 4 is 12.0 Å². The second kappa shape index (κ2) is 4.83. The summed E-state index contributed by atoms with van der Waals surface area (Å²) in [6.45, 7) is 1.33. The van der Waals surface area contributed by atoms with Crippen LogP contribution in [0.15, 0.2) is 0 Å². The van der Waals surface area contributed by atoms with Crippen molar-refractivity contribution in [1.29, 1.82) is 0 Å². The standard InChI is InChI=1S/C9H16N2O3/c10-9(14)11-5-3-7(4-6-11)1-2-8(12)13/h7H,1-6H2,(H2,10,14)(H,12,13). The molecule has 1 aliphatic rings. The van der Waals surface area contributed by atoms with E-state index in [1.54, 1.807) is 4.90 Å². The van der Waals surface area contributed by atoms with Crippen molar-refractivity contribution in [2.45, 2.75) is 25.7 Å². The molecule has 2 amide bonds. The van der Waals surface area contributed by atoms with E-state index in [4.69, 9.17) is 10.8 Å². The van der Waals surface area contributed by atoms with Gasteiger partial charge in [-0.2, -0.15) is 0 Å². The van der Waals surface area contributed by atoms with Gasteiger partial charge in [0.25, 0.3) is 0 Å². The molecule has 0 radical (unpaired) electrons. The van der Waals surface area contributed by atoms with Gasteiger partial charge in [0.05, 0.1) is 0 Å². The first-order valence-corrected chi connectivity index (χ1v) is 4.85. The number of aliphatic carboxylic acids is 1. The predicted molar refractivity (Wildman–Crippen MR) is 50.8 cm³/mol. The van der Waals surface area contributed by atoms with E-state index in [9.17, 15) is 9.59 Å². The first kappa shape index (κ1) is 10.8. The minimum Gasteiger partial charge on any atom is -0.481 e. The van der Waals surface area contributed by atoms with Crippen molar-refractivity contribution in [3.8, 4) is 0 Å². The van der Waals surface area contributed by atoms with Crippen LogP contribution in [0.5, 0.6) is 0 Å². The number of carboxylic acid groups (broad SMARTS) is 1. The molecule has 0 aromatic rings. The van der Waals surface area contributed by atoms with Crippen molar-refractivity contribution in [1.82, 2.24) is 4.90 Å². The largest absolute Gasteiger partial charge is 0.481 e. The molecule has 3 N–H and O–H groups in total.